The summed E-state index contributed by atoms with van der Waals surface area (Å²) in [5.41, 5.74) is 10.2. The molecule has 0 atom stereocenters. The second-order valence-corrected chi connectivity index (χ2v) is 19.2. The van der Waals surface area contributed by atoms with Crippen LogP contribution in [0.4, 0.5) is 0 Å². The molecular weight excluding hydrogens is 447 g/mol. The Morgan fingerprint density at radius 2 is 1.59 bits per heavy atom. The van der Waals surface area contributed by atoms with Crippen molar-refractivity contribution in [2.45, 2.75) is 45.1 Å². The van der Waals surface area contributed by atoms with Crippen LogP contribution in [0.2, 0.25) is 11.5 Å². The van der Waals surface area contributed by atoms with Crippen molar-refractivity contribution in [2.75, 3.05) is 0 Å². The van der Waals surface area contributed by atoms with Gasteiger partial charge < -0.3 is 0 Å². The number of nitrogens with zero attached hydrogens (tertiary/aromatic N) is 1. The molecule has 0 N–H and O–H groups in total. The summed E-state index contributed by atoms with van der Waals surface area (Å²) in [7, 11) is 0. The van der Waals surface area contributed by atoms with Gasteiger partial charge in [-0.15, -0.1) is 0 Å². The fraction of sp³-hybridized carbons (Fsp3) is 0.233. The third-order valence-electron chi connectivity index (χ3n) is 6.86. The molecule has 1 aromatic heterocycles. The van der Waals surface area contributed by atoms with Crippen LogP contribution < -0.4 is 4.40 Å². The summed E-state index contributed by atoms with van der Waals surface area (Å²) in [6, 6.07) is 20.7. The second kappa shape index (κ2) is 7.74. The van der Waals surface area contributed by atoms with Crippen molar-refractivity contribution >= 4 is 34.5 Å². The molecule has 4 aromatic rings. The summed E-state index contributed by atoms with van der Waals surface area (Å²) in [4.78, 5) is 7.26. The van der Waals surface area contributed by atoms with E-state index in [1.807, 2.05) is 6.20 Å². The minimum atomic E-state index is -1.92. The first-order valence-electron chi connectivity index (χ1n) is 11.6. The van der Waals surface area contributed by atoms with Gasteiger partial charge in [-0.2, -0.15) is 0 Å². The Morgan fingerprint density at radius 1 is 0.812 bits per heavy atom. The molecule has 0 spiro atoms. The van der Waals surface area contributed by atoms with Crippen molar-refractivity contribution in [3.8, 4) is 22.4 Å². The van der Waals surface area contributed by atoms with Crippen molar-refractivity contribution in [2.24, 2.45) is 0 Å². The summed E-state index contributed by atoms with van der Waals surface area (Å²) in [5, 5.41) is 2.71. The fourth-order valence-electron chi connectivity index (χ4n) is 5.18. The van der Waals surface area contributed by atoms with E-state index in [9.17, 15) is 0 Å². The van der Waals surface area contributed by atoms with Crippen LogP contribution >= 0.6 is 0 Å². The number of fused-ring (bicyclic) bond motifs is 2. The number of aryl methyl sites for hydroxylation is 2. The number of benzene rings is 3. The van der Waals surface area contributed by atoms with E-state index in [2.05, 4.69) is 105 Å². The van der Waals surface area contributed by atoms with Gasteiger partial charge in [0.05, 0.1) is 0 Å². The zero-order chi connectivity index (χ0) is 22.6. The molecule has 2 heteroatoms. The van der Waals surface area contributed by atoms with E-state index in [1.54, 1.807) is 4.40 Å². The predicted octanol–water partition coefficient (Wildman–Crippen LogP) is 7.79. The van der Waals surface area contributed by atoms with Gasteiger partial charge in [0.2, 0.25) is 0 Å². The van der Waals surface area contributed by atoms with Crippen molar-refractivity contribution in [3.05, 3.63) is 88.0 Å². The van der Waals surface area contributed by atoms with Gasteiger partial charge in [0.1, 0.15) is 0 Å². The Kier molecular flexibility index (Phi) is 5.13. The van der Waals surface area contributed by atoms with Crippen LogP contribution in [0.25, 0.3) is 39.2 Å². The van der Waals surface area contributed by atoms with Crippen LogP contribution in [0.5, 0.6) is 0 Å². The second-order valence-electron chi connectivity index (χ2n) is 10.2. The average molecular weight is 478 g/mol. The van der Waals surface area contributed by atoms with Crippen molar-refractivity contribution in [3.63, 3.8) is 0 Å². The van der Waals surface area contributed by atoms with Crippen LogP contribution in [-0.4, -0.2) is 18.3 Å². The van der Waals surface area contributed by atoms with Gasteiger partial charge in [-0.3, -0.25) is 0 Å². The molecule has 0 aliphatic carbocycles. The van der Waals surface area contributed by atoms with Crippen LogP contribution in [-0.2, 0) is 0 Å². The molecule has 2 heterocycles. The molecule has 5 rings (SSSR count). The van der Waals surface area contributed by atoms with Crippen LogP contribution in [0.15, 0.2) is 65.7 Å². The topological polar surface area (TPSA) is 12.9 Å². The molecule has 32 heavy (non-hydrogen) atoms. The van der Waals surface area contributed by atoms with Gasteiger partial charge in [0.15, 0.2) is 0 Å². The fourth-order valence-corrected chi connectivity index (χ4v) is 9.77. The van der Waals surface area contributed by atoms with Crippen LogP contribution in [0.3, 0.4) is 0 Å². The molecule has 0 fully saturated rings. The maximum atomic E-state index is 4.78. The molecular formula is C30H31GeN. The Balaban J connectivity index is 1.63. The first-order valence-corrected chi connectivity index (χ1v) is 18.0. The van der Waals surface area contributed by atoms with Gasteiger partial charge >= 0.3 is 175 Å². The van der Waals surface area contributed by atoms with Gasteiger partial charge in [0.25, 0.3) is 0 Å². The number of hydrogen-bond donors (Lipinski definition) is 0. The Hall–Kier alpha value is -2.65. The van der Waals surface area contributed by atoms with Gasteiger partial charge in [-0.05, 0) is 13.8 Å². The summed E-state index contributed by atoms with van der Waals surface area (Å²) in [6.07, 6.45) is 4.29. The predicted molar refractivity (Wildman–Crippen MR) is 142 cm³/mol. The molecule has 160 valence electrons. The average Bonchev–Trinajstić information content (AvgIpc) is 3.06. The standard InChI is InChI=1S/C30H31GeN/c1-19(2)27-17-25(16-26-14-20(3)13-21(4)30(26)27)29-18-23(10-12-32-29)22-7-8-28-24(15-22)9-11-31(28,5)6/h7-19H,1-6H3. The molecule has 3 aromatic carbocycles. The zero-order valence-electron chi connectivity index (χ0n) is 20.0. The van der Waals surface area contributed by atoms with Crippen molar-refractivity contribution in [1.82, 2.24) is 4.98 Å². The van der Waals surface area contributed by atoms with Gasteiger partial charge in [-0.1, -0.05) is 6.07 Å². The van der Waals surface area contributed by atoms with Crippen molar-refractivity contribution in [1.29, 1.82) is 0 Å². The number of hydrogen-bond acceptors (Lipinski definition) is 1. The molecule has 0 amide bonds. The van der Waals surface area contributed by atoms with E-state index in [-0.39, 0.29) is 0 Å². The summed E-state index contributed by atoms with van der Waals surface area (Å²) < 4.78 is 1.59. The zero-order valence-corrected chi connectivity index (χ0v) is 22.1. The molecule has 1 aliphatic heterocycles. The summed E-state index contributed by atoms with van der Waals surface area (Å²) in [6.45, 7) is 8.98. The van der Waals surface area contributed by atoms with Crippen molar-refractivity contribution < 1.29 is 0 Å². The Labute approximate surface area is 194 Å². The maximum absolute atomic E-state index is 4.78. The van der Waals surface area contributed by atoms with E-state index in [4.69, 9.17) is 4.98 Å². The number of pyridine rings is 1. The SMILES string of the molecule is Cc1cc(C)c2c(C(C)C)cc(-c3cc(-c4cc[c]5c(c4)C=[CH][Ge]5([CH3])[CH3])ccn3)cc2c1. The number of rotatable bonds is 3. The first-order chi connectivity index (χ1) is 15.2. The molecule has 0 unspecified atom stereocenters. The molecule has 0 bridgehead atoms. The Bertz CT molecular complexity index is 1390. The summed E-state index contributed by atoms with van der Waals surface area (Å²) in [5.74, 6) is 5.38. The minimum absolute atomic E-state index is 0.458. The third kappa shape index (κ3) is 3.63. The summed E-state index contributed by atoms with van der Waals surface area (Å²) >= 11 is -1.92. The first kappa shape index (κ1) is 21.2. The molecule has 0 saturated heterocycles. The molecule has 1 aliphatic rings. The van der Waals surface area contributed by atoms with Crippen LogP contribution in [0.1, 0.15) is 42.0 Å². The molecule has 1 nitrogen and oxygen atoms in total. The Morgan fingerprint density at radius 3 is 2.38 bits per heavy atom. The molecule has 0 saturated carbocycles. The monoisotopic (exact) mass is 479 g/mol. The van der Waals surface area contributed by atoms with E-state index >= 15 is 0 Å². The van der Waals surface area contributed by atoms with Crippen LogP contribution in [0, 0.1) is 13.8 Å². The van der Waals surface area contributed by atoms with E-state index < -0.39 is 13.3 Å². The van der Waals surface area contributed by atoms with E-state index in [0.717, 1.165) is 5.69 Å². The van der Waals surface area contributed by atoms with Gasteiger partial charge in [-0.25, -0.2) is 0 Å². The van der Waals surface area contributed by atoms with E-state index in [1.165, 1.54) is 49.7 Å². The normalized spacial score (nSPS) is 14.3. The third-order valence-corrected chi connectivity index (χ3v) is 12.8. The van der Waals surface area contributed by atoms with Gasteiger partial charge in [0, 0.05) is 0 Å². The number of aromatic nitrogens is 1. The van der Waals surface area contributed by atoms with E-state index in [0.29, 0.717) is 5.92 Å². The molecule has 0 radical (unpaired) electrons. The quantitative estimate of drug-likeness (QED) is 0.274.